The number of aryl methyl sites for hydroxylation is 1. The van der Waals surface area contributed by atoms with Gasteiger partial charge in [-0.2, -0.15) is 0 Å². The molecular formula is C20H21NO3S2. The van der Waals surface area contributed by atoms with Crippen LogP contribution in [-0.2, 0) is 10.0 Å². The summed E-state index contributed by atoms with van der Waals surface area (Å²) in [6.07, 6.45) is 5.20. The Morgan fingerprint density at radius 3 is 2.35 bits per heavy atom. The van der Waals surface area contributed by atoms with Gasteiger partial charge >= 0.3 is 0 Å². The molecule has 0 bridgehead atoms. The number of carbonyl (C=O) groups is 1. The summed E-state index contributed by atoms with van der Waals surface area (Å²) in [7, 11) is -3.62. The lowest BCUT2D eigenvalue weighted by molar-refractivity contribution is 0.108. The SMILES string of the molecule is Cc1ccc(S(=O)(=O)N[C@@H]2CC=CC[C@H]2SC(=O)c2ccccc2)cc1. The van der Waals surface area contributed by atoms with E-state index in [1.165, 1.54) is 11.8 Å². The number of thioether (sulfide) groups is 1. The second-order valence-electron chi connectivity index (χ2n) is 6.29. The van der Waals surface area contributed by atoms with Gasteiger partial charge in [-0.15, -0.1) is 0 Å². The molecule has 2 aromatic carbocycles. The Hall–Kier alpha value is -1.89. The van der Waals surface area contributed by atoms with Gasteiger partial charge < -0.3 is 0 Å². The number of hydrogen-bond donors (Lipinski definition) is 1. The average molecular weight is 388 g/mol. The molecule has 6 heteroatoms. The highest BCUT2D eigenvalue weighted by molar-refractivity contribution is 8.14. The van der Waals surface area contributed by atoms with E-state index in [1.54, 1.807) is 36.4 Å². The van der Waals surface area contributed by atoms with Crippen molar-refractivity contribution in [3.05, 3.63) is 77.9 Å². The van der Waals surface area contributed by atoms with Crippen LogP contribution in [0.3, 0.4) is 0 Å². The number of carbonyl (C=O) groups excluding carboxylic acids is 1. The van der Waals surface area contributed by atoms with Crippen LogP contribution in [0.1, 0.15) is 28.8 Å². The first kappa shape index (κ1) is 18.9. The van der Waals surface area contributed by atoms with E-state index < -0.39 is 10.0 Å². The van der Waals surface area contributed by atoms with E-state index in [-0.39, 0.29) is 21.3 Å². The molecule has 0 saturated carbocycles. The fourth-order valence-electron chi connectivity index (χ4n) is 2.81. The largest absolute Gasteiger partial charge is 0.282 e. The van der Waals surface area contributed by atoms with Crippen LogP contribution in [0.2, 0.25) is 0 Å². The van der Waals surface area contributed by atoms with Gasteiger partial charge in [0.2, 0.25) is 15.1 Å². The quantitative estimate of drug-likeness (QED) is 0.790. The predicted molar refractivity (Wildman–Crippen MR) is 106 cm³/mol. The van der Waals surface area contributed by atoms with E-state index in [0.29, 0.717) is 18.4 Å². The lowest BCUT2D eigenvalue weighted by atomic mass is 10.0. The molecule has 1 N–H and O–H groups in total. The summed E-state index contributed by atoms with van der Waals surface area (Å²) in [6.45, 7) is 1.91. The first-order valence-electron chi connectivity index (χ1n) is 8.46. The fourth-order valence-corrected chi connectivity index (χ4v) is 5.28. The lowest BCUT2D eigenvalue weighted by Gasteiger charge is -2.28. The maximum Gasteiger partial charge on any atom is 0.240 e. The van der Waals surface area contributed by atoms with Gasteiger partial charge in [0.1, 0.15) is 0 Å². The molecular weight excluding hydrogens is 366 g/mol. The highest BCUT2D eigenvalue weighted by Crippen LogP contribution is 2.29. The zero-order chi connectivity index (χ0) is 18.6. The highest BCUT2D eigenvalue weighted by Gasteiger charge is 2.30. The summed E-state index contributed by atoms with van der Waals surface area (Å²) in [5.41, 5.74) is 1.64. The molecule has 0 aliphatic heterocycles. The molecule has 0 radical (unpaired) electrons. The molecule has 0 amide bonds. The standard InChI is InChI=1S/C20H21NO3S2/c1-15-11-13-17(14-12-15)26(23,24)21-18-9-5-6-10-19(18)25-20(22)16-7-3-2-4-8-16/h2-8,11-14,18-19,21H,9-10H2,1H3/t18-,19-/m1/s1. The molecule has 26 heavy (non-hydrogen) atoms. The monoisotopic (exact) mass is 387 g/mol. The van der Waals surface area contributed by atoms with Crippen LogP contribution in [0, 0.1) is 6.92 Å². The summed E-state index contributed by atoms with van der Waals surface area (Å²) in [6, 6.07) is 15.5. The fraction of sp³-hybridized carbons (Fsp3) is 0.250. The maximum atomic E-state index is 12.7. The summed E-state index contributed by atoms with van der Waals surface area (Å²) >= 11 is 1.20. The number of rotatable bonds is 5. The summed E-state index contributed by atoms with van der Waals surface area (Å²) < 4.78 is 28.2. The Labute approximate surface area is 158 Å². The van der Waals surface area contributed by atoms with Crippen LogP contribution in [0.4, 0.5) is 0 Å². The number of hydrogen-bond acceptors (Lipinski definition) is 4. The van der Waals surface area contributed by atoms with Crippen molar-refractivity contribution >= 4 is 26.9 Å². The number of nitrogens with one attached hydrogen (secondary N) is 1. The van der Waals surface area contributed by atoms with Gasteiger partial charge in [0.15, 0.2) is 0 Å². The van der Waals surface area contributed by atoms with Gasteiger partial charge in [0, 0.05) is 16.9 Å². The zero-order valence-electron chi connectivity index (χ0n) is 14.5. The molecule has 2 aromatic rings. The molecule has 0 unspecified atom stereocenters. The number of sulfonamides is 1. The Balaban J connectivity index is 1.74. The van der Waals surface area contributed by atoms with Crippen molar-refractivity contribution in [3.63, 3.8) is 0 Å². The smallest absolute Gasteiger partial charge is 0.240 e. The third-order valence-electron chi connectivity index (χ3n) is 4.28. The van der Waals surface area contributed by atoms with Gasteiger partial charge in [0.25, 0.3) is 0 Å². The molecule has 0 heterocycles. The summed E-state index contributed by atoms with van der Waals surface area (Å²) in [5, 5.41) is -0.168. The van der Waals surface area contributed by atoms with Crippen molar-refractivity contribution in [2.75, 3.05) is 0 Å². The first-order chi connectivity index (χ1) is 12.5. The summed E-state index contributed by atoms with van der Waals surface area (Å²) in [4.78, 5) is 12.7. The maximum absolute atomic E-state index is 12.7. The topological polar surface area (TPSA) is 63.2 Å². The molecule has 0 saturated heterocycles. The van der Waals surface area contributed by atoms with Crippen molar-refractivity contribution in [1.29, 1.82) is 0 Å². The van der Waals surface area contributed by atoms with Crippen LogP contribution in [-0.4, -0.2) is 24.8 Å². The number of benzene rings is 2. The van der Waals surface area contributed by atoms with E-state index in [1.807, 2.05) is 37.3 Å². The van der Waals surface area contributed by atoms with Crippen LogP contribution in [0.5, 0.6) is 0 Å². The van der Waals surface area contributed by atoms with Crippen LogP contribution < -0.4 is 4.72 Å². The second kappa shape index (κ2) is 8.20. The second-order valence-corrected chi connectivity index (χ2v) is 9.22. The summed E-state index contributed by atoms with van der Waals surface area (Å²) in [5.74, 6) is 0. The molecule has 0 spiro atoms. The molecule has 2 atom stereocenters. The third-order valence-corrected chi connectivity index (χ3v) is 7.06. The van der Waals surface area contributed by atoms with Gasteiger partial charge in [0.05, 0.1) is 4.90 Å². The Morgan fingerprint density at radius 1 is 1.00 bits per heavy atom. The van der Waals surface area contributed by atoms with Gasteiger partial charge in [-0.25, -0.2) is 13.1 Å². The minimum absolute atomic E-state index is 0.0366. The minimum Gasteiger partial charge on any atom is -0.282 e. The van der Waals surface area contributed by atoms with Gasteiger partial charge in [-0.05, 0) is 31.9 Å². The van der Waals surface area contributed by atoms with Crippen molar-refractivity contribution in [1.82, 2.24) is 4.72 Å². The van der Waals surface area contributed by atoms with Gasteiger partial charge in [-0.3, -0.25) is 4.79 Å². The molecule has 4 nitrogen and oxygen atoms in total. The first-order valence-corrected chi connectivity index (χ1v) is 10.8. The highest BCUT2D eigenvalue weighted by atomic mass is 32.2. The predicted octanol–water partition coefficient (Wildman–Crippen LogP) is 3.93. The average Bonchev–Trinajstić information content (AvgIpc) is 2.64. The van der Waals surface area contributed by atoms with E-state index in [4.69, 9.17) is 0 Å². The number of allylic oxidation sites excluding steroid dienone is 1. The molecule has 1 aliphatic carbocycles. The van der Waals surface area contributed by atoms with E-state index >= 15 is 0 Å². The molecule has 136 valence electrons. The van der Waals surface area contributed by atoms with Crippen LogP contribution in [0.25, 0.3) is 0 Å². The van der Waals surface area contributed by atoms with Crippen LogP contribution >= 0.6 is 11.8 Å². The minimum atomic E-state index is -3.62. The van der Waals surface area contributed by atoms with E-state index in [9.17, 15) is 13.2 Å². The molecule has 0 aromatic heterocycles. The molecule has 3 rings (SSSR count). The van der Waals surface area contributed by atoms with Crippen molar-refractivity contribution in [3.8, 4) is 0 Å². The van der Waals surface area contributed by atoms with Crippen molar-refractivity contribution < 1.29 is 13.2 Å². The molecule has 0 fully saturated rings. The molecule has 1 aliphatic rings. The van der Waals surface area contributed by atoms with Crippen molar-refractivity contribution in [2.45, 2.75) is 36.0 Å². The zero-order valence-corrected chi connectivity index (χ0v) is 16.1. The van der Waals surface area contributed by atoms with E-state index in [2.05, 4.69) is 4.72 Å². The van der Waals surface area contributed by atoms with Crippen molar-refractivity contribution in [2.24, 2.45) is 0 Å². The normalized spacial score (nSPS) is 20.0. The lowest BCUT2D eigenvalue weighted by Crippen LogP contribution is -2.43. The van der Waals surface area contributed by atoms with E-state index in [0.717, 1.165) is 5.56 Å². The Kier molecular flexibility index (Phi) is 5.96. The van der Waals surface area contributed by atoms with Gasteiger partial charge in [-0.1, -0.05) is 71.9 Å². The van der Waals surface area contributed by atoms with Crippen LogP contribution in [0.15, 0.2) is 71.6 Å². The third kappa shape index (κ3) is 4.63. The Bertz CT molecular complexity index is 890. The Morgan fingerprint density at radius 2 is 1.65 bits per heavy atom.